The maximum absolute atomic E-state index is 12.7. The van der Waals surface area contributed by atoms with E-state index in [-0.39, 0.29) is 42.0 Å². The van der Waals surface area contributed by atoms with E-state index in [1.54, 1.807) is 21.0 Å². The SMILES string of the molecule is COCOC(CC/C=C/C=C\CC[C@H](C)O[Si](C)(C)C(C)(C)C)CC(O)[C@@H](C)[C@@H]1CC[C@@H](C)[C@]2(O1)OC(C)(C)OC2C(=O)OC. The first-order valence-corrected chi connectivity index (χ1v) is 19.7. The molecule has 1 spiro atoms. The zero-order valence-corrected chi connectivity index (χ0v) is 31.2. The average molecular weight is 657 g/mol. The molecule has 0 aromatic heterocycles. The van der Waals surface area contributed by atoms with E-state index in [1.165, 1.54) is 7.11 Å². The van der Waals surface area contributed by atoms with Gasteiger partial charge in [0.1, 0.15) is 6.79 Å². The van der Waals surface area contributed by atoms with E-state index in [9.17, 15) is 9.90 Å². The van der Waals surface area contributed by atoms with E-state index in [4.69, 9.17) is 32.8 Å². The Labute approximate surface area is 274 Å². The highest BCUT2D eigenvalue weighted by Crippen LogP contribution is 2.49. The molecule has 1 N–H and O–H groups in total. The molecular weight excluding hydrogens is 592 g/mol. The molecule has 3 unspecified atom stereocenters. The van der Waals surface area contributed by atoms with Crippen molar-refractivity contribution in [1.29, 1.82) is 0 Å². The van der Waals surface area contributed by atoms with Gasteiger partial charge < -0.3 is 38.0 Å². The number of aliphatic hydroxyl groups excluding tert-OH is 1. The van der Waals surface area contributed by atoms with Gasteiger partial charge in [-0.3, -0.25) is 0 Å². The third-order valence-corrected chi connectivity index (χ3v) is 14.3. The second kappa shape index (κ2) is 17.3. The fourth-order valence-corrected chi connectivity index (χ4v) is 7.33. The van der Waals surface area contributed by atoms with E-state index in [2.05, 4.69) is 65.1 Å². The van der Waals surface area contributed by atoms with Crippen LogP contribution in [0.4, 0.5) is 0 Å². The minimum Gasteiger partial charge on any atom is -0.467 e. The van der Waals surface area contributed by atoms with Gasteiger partial charge in [-0.1, -0.05) is 58.9 Å². The van der Waals surface area contributed by atoms with Crippen molar-refractivity contribution in [3.05, 3.63) is 24.3 Å². The van der Waals surface area contributed by atoms with Crippen molar-refractivity contribution in [3.8, 4) is 0 Å². The van der Waals surface area contributed by atoms with Gasteiger partial charge in [-0.05, 0) is 83.8 Å². The van der Waals surface area contributed by atoms with Crippen LogP contribution in [0.3, 0.4) is 0 Å². The minimum absolute atomic E-state index is 0.0957. The molecule has 2 rings (SSSR count). The molecule has 0 aromatic rings. The molecule has 0 amide bonds. The molecule has 2 heterocycles. The topological polar surface area (TPSA) is 102 Å². The van der Waals surface area contributed by atoms with Gasteiger partial charge in [-0.25, -0.2) is 4.79 Å². The van der Waals surface area contributed by atoms with Gasteiger partial charge in [-0.2, -0.15) is 0 Å². The zero-order valence-electron chi connectivity index (χ0n) is 30.2. The summed E-state index contributed by atoms with van der Waals surface area (Å²) >= 11 is 0. The lowest BCUT2D eigenvalue weighted by Crippen LogP contribution is -2.58. The summed E-state index contributed by atoms with van der Waals surface area (Å²) in [4.78, 5) is 12.7. The Morgan fingerprint density at radius 2 is 1.67 bits per heavy atom. The van der Waals surface area contributed by atoms with Crippen molar-refractivity contribution < 1.29 is 42.7 Å². The fourth-order valence-electron chi connectivity index (χ4n) is 5.86. The van der Waals surface area contributed by atoms with Crippen molar-refractivity contribution in [1.82, 2.24) is 0 Å². The number of aliphatic hydroxyl groups is 1. The van der Waals surface area contributed by atoms with E-state index in [0.29, 0.717) is 6.42 Å². The van der Waals surface area contributed by atoms with Crippen LogP contribution in [0.1, 0.15) is 100 Å². The molecular formula is C35H64O9Si. The molecule has 10 heteroatoms. The molecule has 0 saturated carbocycles. The van der Waals surface area contributed by atoms with Crippen LogP contribution in [0, 0.1) is 11.8 Å². The fraction of sp³-hybridized carbons (Fsp3) is 0.857. The largest absolute Gasteiger partial charge is 0.467 e. The first-order chi connectivity index (χ1) is 20.9. The predicted molar refractivity (Wildman–Crippen MR) is 179 cm³/mol. The molecule has 2 aliphatic rings. The van der Waals surface area contributed by atoms with Crippen LogP contribution in [0.5, 0.6) is 0 Å². The first-order valence-electron chi connectivity index (χ1n) is 16.8. The Kier molecular flexibility index (Phi) is 15.4. The molecule has 262 valence electrons. The molecule has 2 aliphatic heterocycles. The number of carbonyl (C=O) groups is 1. The average Bonchev–Trinajstić information content (AvgIpc) is 3.23. The predicted octanol–water partition coefficient (Wildman–Crippen LogP) is 7.28. The normalized spacial score (nSPS) is 28.5. The van der Waals surface area contributed by atoms with E-state index in [0.717, 1.165) is 38.5 Å². The van der Waals surface area contributed by atoms with Gasteiger partial charge in [0, 0.05) is 25.0 Å². The Balaban J connectivity index is 1.90. The summed E-state index contributed by atoms with van der Waals surface area (Å²) in [6, 6.07) is 0. The van der Waals surface area contributed by atoms with Crippen molar-refractivity contribution >= 4 is 14.3 Å². The highest BCUT2D eigenvalue weighted by atomic mass is 28.4. The van der Waals surface area contributed by atoms with Crippen LogP contribution in [-0.2, 0) is 37.6 Å². The van der Waals surface area contributed by atoms with Gasteiger partial charge in [0.05, 0.1) is 25.4 Å². The Morgan fingerprint density at radius 3 is 2.24 bits per heavy atom. The molecule has 8 atom stereocenters. The summed E-state index contributed by atoms with van der Waals surface area (Å²) < 4.78 is 41.4. The summed E-state index contributed by atoms with van der Waals surface area (Å²) in [6.45, 7) is 21.3. The molecule has 0 aromatic carbocycles. The lowest BCUT2D eigenvalue weighted by atomic mass is 9.81. The Hall–Kier alpha value is -1.11. The molecule has 0 bridgehead atoms. The third-order valence-electron chi connectivity index (χ3n) is 9.69. The minimum atomic E-state index is -1.74. The summed E-state index contributed by atoms with van der Waals surface area (Å²) in [5.41, 5.74) is 0. The zero-order chi connectivity index (χ0) is 34.1. The number of allylic oxidation sites excluding steroid dienone is 4. The molecule has 0 aliphatic carbocycles. The van der Waals surface area contributed by atoms with Gasteiger partial charge in [0.15, 0.2) is 14.1 Å². The van der Waals surface area contributed by atoms with Crippen LogP contribution in [-0.4, -0.2) is 82.5 Å². The van der Waals surface area contributed by atoms with Crippen molar-refractivity contribution in [2.24, 2.45) is 11.8 Å². The third kappa shape index (κ3) is 11.5. The standard InChI is InChI=1S/C35H64O9Si/c1-25-21-22-30(41-35(25)31(32(37)39-10)42-34(7,8)44-35)27(3)29(36)23-28(40-24-38-9)20-18-16-14-13-15-17-19-26(2)43-45(11,12)33(4,5)6/h13-16,25-31,36H,17-24H2,1-12H3/b15-13-,16-14+/t25-,26+,27-,28?,29?,30+,31?,35+/m1/s1. The van der Waals surface area contributed by atoms with Crippen LogP contribution < -0.4 is 0 Å². The van der Waals surface area contributed by atoms with E-state index in [1.807, 2.05) is 13.8 Å². The van der Waals surface area contributed by atoms with Gasteiger partial charge in [-0.15, -0.1) is 0 Å². The summed E-state index contributed by atoms with van der Waals surface area (Å²) in [5, 5.41) is 11.5. The highest BCUT2D eigenvalue weighted by Gasteiger charge is 2.63. The number of ether oxygens (including phenoxy) is 6. The maximum atomic E-state index is 12.7. The van der Waals surface area contributed by atoms with Crippen LogP contribution >= 0.6 is 0 Å². The number of hydrogen-bond donors (Lipinski definition) is 1. The Bertz CT molecular complexity index is 959. The second-order valence-electron chi connectivity index (χ2n) is 14.9. The smallest absolute Gasteiger partial charge is 0.340 e. The lowest BCUT2D eigenvalue weighted by Gasteiger charge is -2.46. The van der Waals surface area contributed by atoms with E-state index >= 15 is 0 Å². The number of carbonyl (C=O) groups excluding carboxylic acids is 1. The highest BCUT2D eigenvalue weighted by molar-refractivity contribution is 6.74. The molecule has 2 saturated heterocycles. The molecule has 9 nitrogen and oxygen atoms in total. The Morgan fingerprint density at radius 1 is 1.04 bits per heavy atom. The summed E-state index contributed by atoms with van der Waals surface area (Å²) in [7, 11) is 1.19. The molecule has 0 radical (unpaired) electrons. The quantitative estimate of drug-likeness (QED) is 0.0749. The van der Waals surface area contributed by atoms with Crippen LogP contribution in [0.2, 0.25) is 18.1 Å². The van der Waals surface area contributed by atoms with Gasteiger partial charge in [0.25, 0.3) is 0 Å². The molecule has 45 heavy (non-hydrogen) atoms. The van der Waals surface area contributed by atoms with Crippen molar-refractivity contribution in [3.63, 3.8) is 0 Å². The maximum Gasteiger partial charge on any atom is 0.340 e. The monoisotopic (exact) mass is 656 g/mol. The summed E-state index contributed by atoms with van der Waals surface area (Å²) in [6.07, 6.45) is 12.0. The lowest BCUT2D eigenvalue weighted by molar-refractivity contribution is -0.321. The van der Waals surface area contributed by atoms with Crippen molar-refractivity contribution in [2.45, 2.75) is 161 Å². The van der Waals surface area contributed by atoms with Gasteiger partial charge >= 0.3 is 5.97 Å². The second-order valence-corrected chi connectivity index (χ2v) is 19.7. The number of rotatable bonds is 17. The van der Waals surface area contributed by atoms with Crippen LogP contribution in [0.25, 0.3) is 0 Å². The first kappa shape index (κ1) is 40.1. The van der Waals surface area contributed by atoms with E-state index < -0.39 is 38.1 Å². The van der Waals surface area contributed by atoms with Crippen LogP contribution in [0.15, 0.2) is 24.3 Å². The molecule has 2 fully saturated rings. The van der Waals surface area contributed by atoms with Gasteiger partial charge in [0.2, 0.25) is 11.9 Å². The number of esters is 1. The number of hydrogen-bond acceptors (Lipinski definition) is 9. The summed E-state index contributed by atoms with van der Waals surface area (Å²) in [5.74, 6) is -3.12. The van der Waals surface area contributed by atoms with Crippen molar-refractivity contribution in [2.75, 3.05) is 21.0 Å². The number of methoxy groups -OCH3 is 2.